The lowest BCUT2D eigenvalue weighted by Crippen LogP contribution is -2.65. The molecule has 2 unspecified atom stereocenters. The fourth-order valence-electron chi connectivity index (χ4n) is 1.38. The molecule has 0 amide bonds. The lowest BCUT2D eigenvalue weighted by molar-refractivity contribution is -0.285. The second-order valence-corrected chi connectivity index (χ2v) is 2.93. The number of aliphatic hydroxyl groups is 5. The van der Waals surface area contributed by atoms with Crippen molar-refractivity contribution in [1.29, 1.82) is 0 Å². The van der Waals surface area contributed by atoms with E-state index in [1.54, 1.807) is 0 Å². The fraction of sp³-hybridized carbons (Fsp3) is 1.00. The van der Waals surface area contributed by atoms with Crippen molar-refractivity contribution in [1.82, 2.24) is 0 Å². The van der Waals surface area contributed by atoms with E-state index >= 15 is 0 Å². The molecule has 5 N–H and O–H groups in total. The van der Waals surface area contributed by atoms with Crippen LogP contribution in [0.2, 0.25) is 0 Å². The summed E-state index contributed by atoms with van der Waals surface area (Å²) < 4.78 is 0. The molecular weight excluding hydrogens is 152 g/mol. The molecule has 3 atom stereocenters. The Bertz CT molecular complexity index is 148. The summed E-state index contributed by atoms with van der Waals surface area (Å²) in [6.07, 6.45) is -2.84. The maximum absolute atomic E-state index is 9.30. The standard InChI is InChI=1S/C6H12O5/c7-2-3-4(8)1-6(3,11)5(9)10/h3-5,7-11H,1-2H2/t3?,4?,6-/m1/s1. The van der Waals surface area contributed by atoms with Crippen LogP contribution in [0.5, 0.6) is 0 Å². The van der Waals surface area contributed by atoms with E-state index in [1.807, 2.05) is 0 Å². The van der Waals surface area contributed by atoms with E-state index in [2.05, 4.69) is 0 Å². The Morgan fingerprint density at radius 1 is 1.45 bits per heavy atom. The van der Waals surface area contributed by atoms with Gasteiger partial charge in [0.2, 0.25) is 0 Å². The molecule has 66 valence electrons. The van der Waals surface area contributed by atoms with Crippen molar-refractivity contribution in [2.45, 2.75) is 24.4 Å². The van der Waals surface area contributed by atoms with Crippen molar-refractivity contribution < 1.29 is 25.5 Å². The van der Waals surface area contributed by atoms with Gasteiger partial charge in [0.1, 0.15) is 5.60 Å². The Kier molecular flexibility index (Phi) is 2.17. The predicted molar refractivity (Wildman–Crippen MR) is 34.4 cm³/mol. The Morgan fingerprint density at radius 2 is 2.00 bits per heavy atom. The second-order valence-electron chi connectivity index (χ2n) is 2.93. The van der Waals surface area contributed by atoms with E-state index in [0.717, 1.165) is 0 Å². The fourth-order valence-corrected chi connectivity index (χ4v) is 1.38. The second kappa shape index (κ2) is 2.69. The summed E-state index contributed by atoms with van der Waals surface area (Å²) in [5.74, 6) is -0.845. The Morgan fingerprint density at radius 3 is 2.18 bits per heavy atom. The van der Waals surface area contributed by atoms with Crippen LogP contribution in [-0.2, 0) is 0 Å². The molecule has 0 aromatic carbocycles. The van der Waals surface area contributed by atoms with Crippen LogP contribution in [-0.4, -0.2) is 50.1 Å². The minimum Gasteiger partial charge on any atom is -0.396 e. The van der Waals surface area contributed by atoms with Crippen molar-refractivity contribution in [2.24, 2.45) is 5.92 Å². The van der Waals surface area contributed by atoms with Crippen LogP contribution in [0.15, 0.2) is 0 Å². The Hall–Kier alpha value is -0.200. The highest BCUT2D eigenvalue weighted by molar-refractivity contribution is 5.03. The summed E-state index contributed by atoms with van der Waals surface area (Å²) in [5.41, 5.74) is -1.73. The average molecular weight is 164 g/mol. The van der Waals surface area contributed by atoms with E-state index in [1.165, 1.54) is 0 Å². The van der Waals surface area contributed by atoms with Gasteiger partial charge < -0.3 is 25.5 Å². The van der Waals surface area contributed by atoms with Crippen LogP contribution >= 0.6 is 0 Å². The number of hydrogen-bond acceptors (Lipinski definition) is 5. The van der Waals surface area contributed by atoms with Gasteiger partial charge in [0.05, 0.1) is 12.7 Å². The third kappa shape index (κ3) is 1.15. The largest absolute Gasteiger partial charge is 0.396 e. The van der Waals surface area contributed by atoms with Gasteiger partial charge in [-0.25, -0.2) is 0 Å². The number of rotatable bonds is 2. The van der Waals surface area contributed by atoms with E-state index in [4.69, 9.17) is 20.4 Å². The molecule has 0 radical (unpaired) electrons. The first-order valence-corrected chi connectivity index (χ1v) is 3.40. The molecule has 0 heterocycles. The molecule has 0 spiro atoms. The van der Waals surface area contributed by atoms with Crippen LogP contribution in [0.1, 0.15) is 6.42 Å². The van der Waals surface area contributed by atoms with Crippen LogP contribution in [0, 0.1) is 5.92 Å². The van der Waals surface area contributed by atoms with Gasteiger partial charge in [-0.2, -0.15) is 0 Å². The summed E-state index contributed by atoms with van der Waals surface area (Å²) in [6, 6.07) is 0. The zero-order valence-electron chi connectivity index (χ0n) is 5.88. The normalized spacial score (nSPS) is 44.2. The quantitative estimate of drug-likeness (QED) is 0.288. The first-order chi connectivity index (χ1) is 5.02. The predicted octanol–water partition coefficient (Wildman–Crippen LogP) is -2.60. The molecule has 0 saturated heterocycles. The minimum absolute atomic E-state index is 0.101. The molecular formula is C6H12O5. The van der Waals surface area contributed by atoms with Crippen LogP contribution in [0.4, 0.5) is 0 Å². The molecule has 0 aromatic heterocycles. The molecule has 0 aliphatic heterocycles. The summed E-state index contributed by atoms with van der Waals surface area (Å²) in [4.78, 5) is 0. The summed E-state index contributed by atoms with van der Waals surface area (Å²) in [6.45, 7) is -0.449. The smallest absolute Gasteiger partial charge is 0.181 e. The zero-order valence-corrected chi connectivity index (χ0v) is 5.88. The molecule has 1 fully saturated rings. The molecule has 1 saturated carbocycles. The van der Waals surface area contributed by atoms with E-state index in [0.29, 0.717) is 0 Å². The van der Waals surface area contributed by atoms with Crippen molar-refractivity contribution in [3.8, 4) is 0 Å². The topological polar surface area (TPSA) is 101 Å². The first-order valence-electron chi connectivity index (χ1n) is 3.40. The molecule has 1 aliphatic rings. The summed E-state index contributed by atoms with van der Waals surface area (Å²) in [7, 11) is 0. The van der Waals surface area contributed by atoms with Gasteiger partial charge in [0, 0.05) is 12.3 Å². The van der Waals surface area contributed by atoms with Gasteiger partial charge >= 0.3 is 0 Å². The average Bonchev–Trinajstić information content (AvgIpc) is 1.87. The minimum atomic E-state index is -1.90. The van der Waals surface area contributed by atoms with E-state index in [9.17, 15) is 5.11 Å². The third-order valence-corrected chi connectivity index (χ3v) is 2.29. The zero-order chi connectivity index (χ0) is 8.65. The lowest BCUT2D eigenvalue weighted by atomic mass is 9.67. The number of hydrogen-bond donors (Lipinski definition) is 5. The van der Waals surface area contributed by atoms with Gasteiger partial charge in [0.15, 0.2) is 6.29 Å². The van der Waals surface area contributed by atoms with Crippen molar-refractivity contribution >= 4 is 0 Å². The molecule has 1 rings (SSSR count). The van der Waals surface area contributed by atoms with Crippen LogP contribution in [0.25, 0.3) is 0 Å². The molecule has 5 nitrogen and oxygen atoms in total. The lowest BCUT2D eigenvalue weighted by Gasteiger charge is -2.49. The van der Waals surface area contributed by atoms with E-state index in [-0.39, 0.29) is 6.42 Å². The highest BCUT2D eigenvalue weighted by Gasteiger charge is 2.56. The van der Waals surface area contributed by atoms with Crippen molar-refractivity contribution in [2.75, 3.05) is 6.61 Å². The van der Waals surface area contributed by atoms with Crippen molar-refractivity contribution in [3.05, 3.63) is 0 Å². The van der Waals surface area contributed by atoms with E-state index < -0.39 is 30.5 Å². The van der Waals surface area contributed by atoms with Gasteiger partial charge in [-0.3, -0.25) is 0 Å². The van der Waals surface area contributed by atoms with Crippen LogP contribution in [0.3, 0.4) is 0 Å². The number of aliphatic hydroxyl groups excluding tert-OH is 3. The maximum atomic E-state index is 9.30. The SMILES string of the molecule is OCC1C(O)C[C@]1(O)C(O)O. The highest BCUT2D eigenvalue weighted by Crippen LogP contribution is 2.40. The van der Waals surface area contributed by atoms with Crippen LogP contribution < -0.4 is 0 Å². The first kappa shape index (κ1) is 8.89. The third-order valence-electron chi connectivity index (χ3n) is 2.29. The molecule has 5 heteroatoms. The maximum Gasteiger partial charge on any atom is 0.181 e. The molecule has 1 aliphatic carbocycles. The molecule has 11 heavy (non-hydrogen) atoms. The molecule has 0 bridgehead atoms. The Labute approximate surface area is 63.5 Å². The Balaban J connectivity index is 2.61. The van der Waals surface area contributed by atoms with Gasteiger partial charge in [-0.15, -0.1) is 0 Å². The van der Waals surface area contributed by atoms with Gasteiger partial charge in [0.25, 0.3) is 0 Å². The highest BCUT2D eigenvalue weighted by atomic mass is 16.5. The molecule has 0 aromatic rings. The van der Waals surface area contributed by atoms with Gasteiger partial charge in [-0.05, 0) is 0 Å². The van der Waals surface area contributed by atoms with Gasteiger partial charge in [-0.1, -0.05) is 0 Å². The summed E-state index contributed by atoms with van der Waals surface area (Å²) in [5, 5.41) is 44.1. The van der Waals surface area contributed by atoms with Crippen molar-refractivity contribution in [3.63, 3.8) is 0 Å². The monoisotopic (exact) mass is 164 g/mol. The summed E-state index contributed by atoms with van der Waals surface area (Å²) >= 11 is 0.